The van der Waals surface area contributed by atoms with Crippen molar-refractivity contribution in [2.24, 2.45) is 0 Å². The van der Waals surface area contributed by atoms with E-state index < -0.39 is 0 Å². The topological polar surface area (TPSA) is 71.2 Å². The first-order chi connectivity index (χ1) is 14.7. The van der Waals surface area contributed by atoms with Crippen molar-refractivity contribution in [1.29, 1.82) is 0 Å². The van der Waals surface area contributed by atoms with E-state index in [0.717, 1.165) is 21.4 Å². The van der Waals surface area contributed by atoms with E-state index in [1.807, 2.05) is 54.6 Å². The zero-order valence-electron chi connectivity index (χ0n) is 15.7. The molecule has 0 fully saturated rings. The van der Waals surface area contributed by atoms with Crippen LogP contribution < -0.4 is 15.6 Å². The molecular formula is C24H16N2O3S. The molecule has 0 saturated carbocycles. The first-order valence-electron chi connectivity index (χ1n) is 9.36. The Morgan fingerprint density at radius 2 is 1.53 bits per heavy atom. The van der Waals surface area contributed by atoms with Gasteiger partial charge in [-0.3, -0.25) is 9.59 Å². The van der Waals surface area contributed by atoms with Gasteiger partial charge in [0, 0.05) is 21.3 Å². The number of carbonyl (C=O) groups excluding carboxylic acids is 1. The Balaban J connectivity index is 1.39. The molecule has 0 radical (unpaired) electrons. The number of rotatable bonds is 4. The van der Waals surface area contributed by atoms with Gasteiger partial charge in [0.05, 0.1) is 10.3 Å². The first kappa shape index (κ1) is 18.1. The number of benzene rings is 3. The molecule has 0 aliphatic carbocycles. The van der Waals surface area contributed by atoms with Gasteiger partial charge in [0.15, 0.2) is 0 Å². The molecule has 0 atom stereocenters. The number of pyridine rings is 1. The lowest BCUT2D eigenvalue weighted by atomic mass is 10.2. The third-order valence-electron chi connectivity index (χ3n) is 4.71. The average molecular weight is 412 g/mol. The van der Waals surface area contributed by atoms with Gasteiger partial charge in [-0.2, -0.15) is 0 Å². The van der Waals surface area contributed by atoms with E-state index in [9.17, 15) is 9.59 Å². The standard InChI is InChI=1S/C24H16N2O3S/c27-23-19-14-21(30-22(19)18-8-4-5-9-20(18)26-23)24(28)25-15-10-12-17(13-11-15)29-16-6-2-1-3-7-16/h1-14H,(H,25,28)(H,26,27). The lowest BCUT2D eigenvalue weighted by molar-refractivity contribution is 0.103. The second kappa shape index (κ2) is 7.50. The van der Waals surface area contributed by atoms with E-state index in [-0.39, 0.29) is 11.5 Å². The maximum Gasteiger partial charge on any atom is 0.265 e. The normalized spacial score (nSPS) is 10.9. The molecule has 0 unspecified atom stereocenters. The van der Waals surface area contributed by atoms with E-state index in [1.165, 1.54) is 11.3 Å². The fourth-order valence-corrected chi connectivity index (χ4v) is 4.37. The van der Waals surface area contributed by atoms with Gasteiger partial charge < -0.3 is 15.0 Å². The number of aromatic amines is 1. The van der Waals surface area contributed by atoms with Crippen LogP contribution >= 0.6 is 11.3 Å². The molecule has 0 bridgehead atoms. The van der Waals surface area contributed by atoms with E-state index >= 15 is 0 Å². The Morgan fingerprint density at radius 3 is 2.33 bits per heavy atom. The van der Waals surface area contributed by atoms with Crippen LogP contribution in [0.4, 0.5) is 5.69 Å². The summed E-state index contributed by atoms with van der Waals surface area (Å²) < 4.78 is 6.58. The second-order valence-corrected chi connectivity index (χ2v) is 7.80. The van der Waals surface area contributed by atoms with Gasteiger partial charge in [0.2, 0.25) is 0 Å². The van der Waals surface area contributed by atoms with Gasteiger partial charge in [-0.05, 0) is 48.5 Å². The Hall–Kier alpha value is -3.90. The number of hydrogen-bond acceptors (Lipinski definition) is 4. The Bertz CT molecular complexity index is 1420. The van der Waals surface area contributed by atoms with Crippen molar-refractivity contribution in [1.82, 2.24) is 4.98 Å². The number of para-hydroxylation sites is 2. The van der Waals surface area contributed by atoms with Gasteiger partial charge in [0.25, 0.3) is 11.5 Å². The Labute approximate surface area is 175 Å². The van der Waals surface area contributed by atoms with Crippen molar-refractivity contribution in [3.63, 3.8) is 0 Å². The number of nitrogens with one attached hydrogen (secondary N) is 2. The number of thiophene rings is 1. The highest BCUT2D eigenvalue weighted by molar-refractivity contribution is 7.21. The molecule has 30 heavy (non-hydrogen) atoms. The summed E-state index contributed by atoms with van der Waals surface area (Å²) in [5.74, 6) is 1.17. The molecule has 0 aliphatic rings. The summed E-state index contributed by atoms with van der Waals surface area (Å²) >= 11 is 1.32. The highest BCUT2D eigenvalue weighted by Crippen LogP contribution is 2.30. The molecule has 146 valence electrons. The fraction of sp³-hybridized carbons (Fsp3) is 0. The van der Waals surface area contributed by atoms with Gasteiger partial charge >= 0.3 is 0 Å². The van der Waals surface area contributed by atoms with Crippen molar-refractivity contribution in [3.8, 4) is 11.5 Å². The number of hydrogen-bond donors (Lipinski definition) is 2. The number of ether oxygens (including phenoxy) is 1. The van der Waals surface area contributed by atoms with Gasteiger partial charge in [-0.25, -0.2) is 0 Å². The van der Waals surface area contributed by atoms with Crippen molar-refractivity contribution in [2.75, 3.05) is 5.32 Å². The molecule has 5 nitrogen and oxygen atoms in total. The molecule has 6 heteroatoms. The highest BCUT2D eigenvalue weighted by Gasteiger charge is 2.15. The van der Waals surface area contributed by atoms with E-state index in [0.29, 0.717) is 21.7 Å². The number of amides is 1. The summed E-state index contributed by atoms with van der Waals surface area (Å²) in [5.41, 5.74) is 1.22. The second-order valence-electron chi connectivity index (χ2n) is 6.75. The number of anilines is 1. The van der Waals surface area contributed by atoms with Crippen LogP contribution in [0.3, 0.4) is 0 Å². The molecule has 2 heterocycles. The van der Waals surface area contributed by atoms with Crippen LogP contribution in [0, 0.1) is 0 Å². The maximum atomic E-state index is 12.8. The summed E-state index contributed by atoms with van der Waals surface area (Å²) in [6.07, 6.45) is 0. The van der Waals surface area contributed by atoms with Gasteiger partial charge in [-0.15, -0.1) is 11.3 Å². The number of aromatic nitrogens is 1. The Morgan fingerprint density at radius 1 is 0.833 bits per heavy atom. The molecule has 0 saturated heterocycles. The summed E-state index contributed by atoms with van der Waals surface area (Å²) in [6.45, 7) is 0. The zero-order chi connectivity index (χ0) is 20.5. The number of H-pyrrole nitrogens is 1. The molecule has 3 aromatic carbocycles. The van der Waals surface area contributed by atoms with Crippen LogP contribution in [0.25, 0.3) is 21.0 Å². The third-order valence-corrected chi connectivity index (χ3v) is 5.88. The third kappa shape index (κ3) is 3.44. The van der Waals surface area contributed by atoms with Crippen LogP contribution in [0.1, 0.15) is 9.67 Å². The molecule has 5 rings (SSSR count). The van der Waals surface area contributed by atoms with Crippen molar-refractivity contribution in [3.05, 3.63) is 100 Å². The minimum absolute atomic E-state index is 0.193. The lowest BCUT2D eigenvalue weighted by Gasteiger charge is -2.07. The predicted octanol–water partition coefficient (Wildman–Crippen LogP) is 5.79. The Kier molecular flexibility index (Phi) is 4.53. The minimum atomic E-state index is -0.253. The monoisotopic (exact) mass is 412 g/mol. The predicted molar refractivity (Wildman–Crippen MR) is 121 cm³/mol. The average Bonchev–Trinajstić information content (AvgIpc) is 3.23. The molecule has 0 spiro atoms. The van der Waals surface area contributed by atoms with Crippen molar-refractivity contribution >= 4 is 43.9 Å². The van der Waals surface area contributed by atoms with Gasteiger partial charge in [0.1, 0.15) is 11.5 Å². The van der Waals surface area contributed by atoms with E-state index in [4.69, 9.17) is 4.74 Å². The summed E-state index contributed by atoms with van der Waals surface area (Å²) in [5, 5.41) is 4.33. The first-order valence-corrected chi connectivity index (χ1v) is 10.2. The van der Waals surface area contributed by atoms with Crippen LogP contribution in [0.15, 0.2) is 89.7 Å². The largest absolute Gasteiger partial charge is 0.457 e. The van der Waals surface area contributed by atoms with E-state index in [1.54, 1.807) is 30.3 Å². The summed E-state index contributed by atoms with van der Waals surface area (Å²) in [4.78, 5) is 28.5. The van der Waals surface area contributed by atoms with Gasteiger partial charge in [-0.1, -0.05) is 36.4 Å². The number of fused-ring (bicyclic) bond motifs is 3. The molecule has 0 aliphatic heterocycles. The fourth-order valence-electron chi connectivity index (χ4n) is 3.28. The highest BCUT2D eigenvalue weighted by atomic mass is 32.1. The molecular weight excluding hydrogens is 396 g/mol. The van der Waals surface area contributed by atoms with Crippen LogP contribution in [0.5, 0.6) is 11.5 Å². The summed E-state index contributed by atoms with van der Waals surface area (Å²) in [6, 6.07) is 25.9. The van der Waals surface area contributed by atoms with E-state index in [2.05, 4.69) is 10.3 Å². The lowest BCUT2D eigenvalue weighted by Crippen LogP contribution is -2.10. The number of carbonyl (C=O) groups is 1. The van der Waals surface area contributed by atoms with Crippen molar-refractivity contribution < 1.29 is 9.53 Å². The molecule has 1 amide bonds. The maximum absolute atomic E-state index is 12.8. The molecule has 2 aromatic heterocycles. The van der Waals surface area contributed by atoms with Crippen molar-refractivity contribution in [2.45, 2.75) is 0 Å². The SMILES string of the molecule is O=C(Nc1ccc(Oc2ccccc2)cc1)c1cc2c(=O)[nH]c3ccccc3c2s1. The smallest absolute Gasteiger partial charge is 0.265 e. The van der Waals surface area contributed by atoms with Crippen LogP contribution in [-0.4, -0.2) is 10.9 Å². The minimum Gasteiger partial charge on any atom is -0.457 e. The molecule has 2 N–H and O–H groups in total. The van der Waals surface area contributed by atoms with Crippen LogP contribution in [-0.2, 0) is 0 Å². The molecule has 5 aromatic rings. The quantitative estimate of drug-likeness (QED) is 0.393. The van der Waals surface area contributed by atoms with Crippen LogP contribution in [0.2, 0.25) is 0 Å². The summed E-state index contributed by atoms with van der Waals surface area (Å²) in [7, 11) is 0. The zero-order valence-corrected chi connectivity index (χ0v) is 16.5.